The summed E-state index contributed by atoms with van der Waals surface area (Å²) in [6.45, 7) is 12.0. The van der Waals surface area contributed by atoms with Crippen molar-refractivity contribution in [2.45, 2.75) is 66.3 Å². The van der Waals surface area contributed by atoms with Crippen molar-refractivity contribution >= 4 is 5.82 Å². The smallest absolute Gasteiger partial charge is 0.127 e. The lowest BCUT2D eigenvalue weighted by molar-refractivity contribution is 0.513. The topological polar surface area (TPSA) is 43.8 Å². The van der Waals surface area contributed by atoms with Crippen molar-refractivity contribution < 1.29 is 0 Å². The Bertz CT molecular complexity index is 353. The van der Waals surface area contributed by atoms with Crippen LogP contribution in [-0.4, -0.2) is 9.55 Å². The molecule has 0 bridgehead atoms. The van der Waals surface area contributed by atoms with Gasteiger partial charge in [-0.3, -0.25) is 0 Å². The van der Waals surface area contributed by atoms with E-state index >= 15 is 0 Å². The van der Waals surface area contributed by atoms with E-state index in [9.17, 15) is 0 Å². The van der Waals surface area contributed by atoms with Crippen LogP contribution in [0.4, 0.5) is 5.82 Å². The van der Waals surface area contributed by atoms with Gasteiger partial charge in [-0.1, -0.05) is 41.0 Å². The fourth-order valence-electron chi connectivity index (χ4n) is 2.31. The van der Waals surface area contributed by atoms with Crippen LogP contribution in [0.2, 0.25) is 0 Å². The van der Waals surface area contributed by atoms with E-state index in [0.717, 1.165) is 36.7 Å². The van der Waals surface area contributed by atoms with E-state index in [-0.39, 0.29) is 0 Å². The largest absolute Gasteiger partial charge is 0.384 e. The van der Waals surface area contributed by atoms with Gasteiger partial charge in [0.15, 0.2) is 0 Å². The summed E-state index contributed by atoms with van der Waals surface area (Å²) < 4.78 is 2.20. The molecule has 0 saturated carbocycles. The number of rotatable bonds is 6. The predicted molar refractivity (Wildman–Crippen MR) is 74.2 cm³/mol. The molecule has 3 heteroatoms. The van der Waals surface area contributed by atoms with Crippen molar-refractivity contribution in [3.63, 3.8) is 0 Å². The number of imidazole rings is 1. The van der Waals surface area contributed by atoms with E-state index in [1.54, 1.807) is 0 Å². The standard InChI is InChI=1S/C14H27N3/c1-6-8-11(5)13-14(15)17(9-10(3)4)12(7-2)16-13/h10-11H,6-9,15H2,1-5H3. The van der Waals surface area contributed by atoms with E-state index < -0.39 is 0 Å². The highest BCUT2D eigenvalue weighted by Gasteiger charge is 2.18. The van der Waals surface area contributed by atoms with E-state index in [1.807, 2.05) is 0 Å². The second-order valence-corrected chi connectivity index (χ2v) is 5.35. The minimum atomic E-state index is 0.471. The zero-order chi connectivity index (χ0) is 13.0. The van der Waals surface area contributed by atoms with Crippen LogP contribution < -0.4 is 5.73 Å². The number of hydrogen-bond acceptors (Lipinski definition) is 2. The first-order chi connectivity index (χ1) is 8.01. The minimum absolute atomic E-state index is 0.471. The van der Waals surface area contributed by atoms with Gasteiger partial charge >= 0.3 is 0 Å². The number of nitrogens with two attached hydrogens (primary N) is 1. The maximum absolute atomic E-state index is 6.26. The molecule has 98 valence electrons. The highest BCUT2D eigenvalue weighted by Crippen LogP contribution is 2.27. The molecule has 0 aliphatic heterocycles. The van der Waals surface area contributed by atoms with Gasteiger partial charge in [-0.25, -0.2) is 4.98 Å². The van der Waals surface area contributed by atoms with Crippen molar-refractivity contribution in [2.24, 2.45) is 5.92 Å². The maximum atomic E-state index is 6.26. The van der Waals surface area contributed by atoms with E-state index in [1.165, 1.54) is 6.42 Å². The molecular formula is C14H27N3. The molecule has 0 aliphatic rings. The highest BCUT2D eigenvalue weighted by atomic mass is 15.1. The van der Waals surface area contributed by atoms with Gasteiger partial charge in [0.25, 0.3) is 0 Å². The van der Waals surface area contributed by atoms with Crippen LogP contribution in [-0.2, 0) is 13.0 Å². The second kappa shape index (κ2) is 6.08. The summed E-state index contributed by atoms with van der Waals surface area (Å²) in [7, 11) is 0. The van der Waals surface area contributed by atoms with Crippen molar-refractivity contribution in [2.75, 3.05) is 5.73 Å². The van der Waals surface area contributed by atoms with Crippen LogP contribution in [0, 0.1) is 5.92 Å². The number of nitrogen functional groups attached to an aromatic ring is 1. The average Bonchev–Trinajstić information content (AvgIpc) is 2.56. The first kappa shape index (κ1) is 14.1. The quantitative estimate of drug-likeness (QED) is 0.821. The SMILES string of the molecule is CCCC(C)c1nc(CC)n(CC(C)C)c1N. The molecule has 1 rings (SSSR count). The second-order valence-electron chi connectivity index (χ2n) is 5.35. The van der Waals surface area contributed by atoms with Gasteiger partial charge in [0, 0.05) is 18.9 Å². The maximum Gasteiger partial charge on any atom is 0.127 e. The Morgan fingerprint density at radius 3 is 2.35 bits per heavy atom. The molecule has 1 atom stereocenters. The summed E-state index contributed by atoms with van der Waals surface area (Å²) in [5.41, 5.74) is 7.36. The molecule has 3 nitrogen and oxygen atoms in total. The molecule has 0 aromatic carbocycles. The van der Waals surface area contributed by atoms with Gasteiger partial charge in [-0.15, -0.1) is 0 Å². The number of aromatic nitrogens is 2. The van der Waals surface area contributed by atoms with Gasteiger partial charge in [0.1, 0.15) is 11.6 Å². The van der Waals surface area contributed by atoms with Crippen molar-refractivity contribution in [3.05, 3.63) is 11.5 Å². The molecule has 1 aromatic rings. The van der Waals surface area contributed by atoms with E-state index in [2.05, 4.69) is 39.2 Å². The molecule has 0 radical (unpaired) electrons. The highest BCUT2D eigenvalue weighted by molar-refractivity contribution is 5.40. The predicted octanol–water partition coefficient (Wildman–Crippen LogP) is 3.59. The van der Waals surface area contributed by atoms with Gasteiger partial charge in [-0.2, -0.15) is 0 Å². The Balaban J connectivity index is 3.04. The van der Waals surface area contributed by atoms with Crippen LogP contribution in [0.15, 0.2) is 0 Å². The third kappa shape index (κ3) is 3.24. The first-order valence-corrected chi connectivity index (χ1v) is 6.85. The zero-order valence-electron chi connectivity index (χ0n) is 12.0. The molecule has 0 amide bonds. The Morgan fingerprint density at radius 2 is 1.88 bits per heavy atom. The third-order valence-electron chi connectivity index (χ3n) is 3.17. The number of nitrogens with zero attached hydrogens (tertiary/aromatic N) is 2. The minimum Gasteiger partial charge on any atom is -0.384 e. The molecular weight excluding hydrogens is 210 g/mol. The van der Waals surface area contributed by atoms with Crippen LogP contribution in [0.1, 0.15) is 64.9 Å². The van der Waals surface area contributed by atoms with Crippen molar-refractivity contribution in [1.29, 1.82) is 0 Å². The molecule has 1 aromatic heterocycles. The van der Waals surface area contributed by atoms with E-state index in [0.29, 0.717) is 11.8 Å². The summed E-state index contributed by atoms with van der Waals surface area (Å²) >= 11 is 0. The van der Waals surface area contributed by atoms with Gasteiger partial charge in [0.05, 0.1) is 5.69 Å². The third-order valence-corrected chi connectivity index (χ3v) is 3.17. The molecule has 1 unspecified atom stereocenters. The molecule has 0 spiro atoms. The summed E-state index contributed by atoms with van der Waals surface area (Å²) in [4.78, 5) is 4.74. The van der Waals surface area contributed by atoms with Crippen LogP contribution in [0.3, 0.4) is 0 Å². The first-order valence-electron chi connectivity index (χ1n) is 6.85. The van der Waals surface area contributed by atoms with Crippen LogP contribution >= 0.6 is 0 Å². The summed E-state index contributed by atoms with van der Waals surface area (Å²) in [6.07, 6.45) is 3.29. The fourth-order valence-corrected chi connectivity index (χ4v) is 2.31. The molecule has 0 aliphatic carbocycles. The van der Waals surface area contributed by atoms with E-state index in [4.69, 9.17) is 10.7 Å². The zero-order valence-corrected chi connectivity index (χ0v) is 12.0. The normalized spacial score (nSPS) is 13.3. The van der Waals surface area contributed by atoms with Gasteiger partial charge in [0.2, 0.25) is 0 Å². The fraction of sp³-hybridized carbons (Fsp3) is 0.786. The molecule has 0 fully saturated rings. The van der Waals surface area contributed by atoms with Gasteiger partial charge < -0.3 is 10.3 Å². The Labute approximate surface area is 105 Å². The van der Waals surface area contributed by atoms with Gasteiger partial charge in [-0.05, 0) is 12.3 Å². The Morgan fingerprint density at radius 1 is 1.24 bits per heavy atom. The lowest BCUT2D eigenvalue weighted by Gasteiger charge is -2.12. The molecule has 17 heavy (non-hydrogen) atoms. The average molecular weight is 237 g/mol. The molecule has 2 N–H and O–H groups in total. The van der Waals surface area contributed by atoms with Crippen LogP contribution in [0.5, 0.6) is 0 Å². The molecule has 1 heterocycles. The summed E-state index contributed by atoms with van der Waals surface area (Å²) in [5, 5.41) is 0. The van der Waals surface area contributed by atoms with Crippen molar-refractivity contribution in [1.82, 2.24) is 9.55 Å². The van der Waals surface area contributed by atoms with Crippen molar-refractivity contribution in [3.8, 4) is 0 Å². The summed E-state index contributed by atoms with van der Waals surface area (Å²) in [5.74, 6) is 3.09. The number of hydrogen-bond donors (Lipinski definition) is 1. The number of anilines is 1. The molecule has 0 saturated heterocycles. The Hall–Kier alpha value is -0.990. The lowest BCUT2D eigenvalue weighted by atomic mass is 10.0. The monoisotopic (exact) mass is 237 g/mol. The lowest BCUT2D eigenvalue weighted by Crippen LogP contribution is -2.11. The van der Waals surface area contributed by atoms with Crippen LogP contribution in [0.25, 0.3) is 0 Å². The number of aryl methyl sites for hydroxylation is 1. The summed E-state index contributed by atoms with van der Waals surface area (Å²) in [6, 6.07) is 0. The Kier molecular flexibility index (Phi) is 5.03.